The topological polar surface area (TPSA) is 12.0 Å². The van der Waals surface area contributed by atoms with Crippen molar-refractivity contribution in [2.75, 3.05) is 0 Å². The fourth-order valence-electron chi connectivity index (χ4n) is 1.53. The van der Waals surface area contributed by atoms with Crippen molar-refractivity contribution in [2.24, 2.45) is 0 Å². The second-order valence-electron chi connectivity index (χ2n) is 4.09. The molecule has 0 bridgehead atoms. The van der Waals surface area contributed by atoms with E-state index in [0.29, 0.717) is 0 Å². The van der Waals surface area contributed by atoms with Gasteiger partial charge in [0.25, 0.3) is 0 Å². The van der Waals surface area contributed by atoms with E-state index in [-0.39, 0.29) is 0 Å². The lowest BCUT2D eigenvalue weighted by atomic mass is 10.1. The highest BCUT2D eigenvalue weighted by Gasteiger charge is 2.20. The molecule has 2 rings (SSSR count). The molecule has 1 aromatic carbocycles. The quantitative estimate of drug-likeness (QED) is 0.744. The van der Waals surface area contributed by atoms with E-state index in [4.69, 9.17) is 0 Å². The lowest BCUT2D eigenvalue weighted by Gasteiger charge is -2.07. The molecule has 0 spiro atoms. The molecule has 0 aromatic heterocycles. The Bertz CT molecular complexity index is 300. The Balaban J connectivity index is 2.03. The van der Waals surface area contributed by atoms with Gasteiger partial charge in [0.2, 0.25) is 0 Å². The van der Waals surface area contributed by atoms with Crippen LogP contribution in [0.3, 0.4) is 0 Å². The van der Waals surface area contributed by atoms with Crippen LogP contribution in [0.5, 0.6) is 0 Å². The zero-order valence-electron chi connectivity index (χ0n) is 8.43. The normalized spacial score (nSPS) is 16.2. The molecule has 70 valence electrons. The first kappa shape index (κ1) is 8.76. The van der Waals surface area contributed by atoms with Crippen LogP contribution >= 0.6 is 0 Å². The van der Waals surface area contributed by atoms with Gasteiger partial charge in [-0.25, -0.2) is 0 Å². The predicted molar refractivity (Wildman–Crippen MR) is 55.8 cm³/mol. The molecule has 1 aliphatic carbocycles. The summed E-state index contributed by atoms with van der Waals surface area (Å²) in [6.45, 7) is 5.38. The van der Waals surface area contributed by atoms with E-state index in [1.54, 1.807) is 0 Å². The van der Waals surface area contributed by atoms with Gasteiger partial charge in [0, 0.05) is 12.6 Å². The molecule has 0 unspecified atom stereocenters. The van der Waals surface area contributed by atoms with Crippen molar-refractivity contribution in [1.29, 1.82) is 0 Å². The lowest BCUT2D eigenvalue weighted by Crippen LogP contribution is -2.16. The number of hydrogen-bond donors (Lipinski definition) is 1. The van der Waals surface area contributed by atoms with Gasteiger partial charge in [-0.1, -0.05) is 23.8 Å². The summed E-state index contributed by atoms with van der Waals surface area (Å²) in [5, 5.41) is 3.54. The average Bonchev–Trinajstić information content (AvgIpc) is 2.90. The van der Waals surface area contributed by atoms with E-state index in [1.165, 1.54) is 29.5 Å². The van der Waals surface area contributed by atoms with Crippen LogP contribution in [0.25, 0.3) is 0 Å². The summed E-state index contributed by atoms with van der Waals surface area (Å²) < 4.78 is 0. The number of rotatable bonds is 3. The van der Waals surface area contributed by atoms with Gasteiger partial charge in [-0.15, -0.1) is 0 Å². The summed E-state index contributed by atoms with van der Waals surface area (Å²) in [7, 11) is 0. The summed E-state index contributed by atoms with van der Waals surface area (Å²) in [4.78, 5) is 0. The molecule has 1 aliphatic rings. The van der Waals surface area contributed by atoms with Gasteiger partial charge in [0.05, 0.1) is 0 Å². The van der Waals surface area contributed by atoms with E-state index >= 15 is 0 Å². The fourth-order valence-corrected chi connectivity index (χ4v) is 1.53. The third-order valence-corrected chi connectivity index (χ3v) is 2.66. The first-order valence-corrected chi connectivity index (χ1v) is 5.05. The molecule has 0 saturated heterocycles. The first-order chi connectivity index (χ1) is 6.25. The van der Waals surface area contributed by atoms with Crippen molar-refractivity contribution in [2.45, 2.75) is 39.3 Å². The van der Waals surface area contributed by atoms with Crippen LogP contribution in [0, 0.1) is 13.8 Å². The zero-order valence-corrected chi connectivity index (χ0v) is 8.43. The smallest absolute Gasteiger partial charge is 0.0210 e. The van der Waals surface area contributed by atoms with Crippen LogP contribution in [0.4, 0.5) is 0 Å². The van der Waals surface area contributed by atoms with Crippen LogP contribution < -0.4 is 5.32 Å². The fraction of sp³-hybridized carbons (Fsp3) is 0.500. The molecule has 1 heteroatoms. The summed E-state index contributed by atoms with van der Waals surface area (Å²) in [6.07, 6.45) is 2.73. The maximum Gasteiger partial charge on any atom is 0.0210 e. The summed E-state index contributed by atoms with van der Waals surface area (Å²) in [6, 6.07) is 7.47. The Kier molecular flexibility index (Phi) is 2.36. The third kappa shape index (κ3) is 2.31. The highest BCUT2D eigenvalue weighted by atomic mass is 14.9. The number of benzene rings is 1. The van der Waals surface area contributed by atoms with E-state index < -0.39 is 0 Å². The van der Waals surface area contributed by atoms with Crippen LogP contribution in [-0.4, -0.2) is 6.04 Å². The van der Waals surface area contributed by atoms with Crippen molar-refractivity contribution in [1.82, 2.24) is 5.32 Å². The number of aryl methyl sites for hydroxylation is 2. The van der Waals surface area contributed by atoms with Gasteiger partial charge >= 0.3 is 0 Å². The van der Waals surface area contributed by atoms with E-state index in [1.807, 2.05) is 0 Å². The molecule has 13 heavy (non-hydrogen) atoms. The maximum atomic E-state index is 3.54. The van der Waals surface area contributed by atoms with Gasteiger partial charge in [-0.2, -0.15) is 0 Å². The second kappa shape index (κ2) is 3.51. The molecule has 1 saturated carbocycles. The summed E-state index contributed by atoms with van der Waals surface area (Å²) >= 11 is 0. The van der Waals surface area contributed by atoms with Crippen molar-refractivity contribution < 1.29 is 0 Å². The van der Waals surface area contributed by atoms with Crippen molar-refractivity contribution >= 4 is 0 Å². The first-order valence-electron chi connectivity index (χ1n) is 5.05. The van der Waals surface area contributed by atoms with Gasteiger partial charge < -0.3 is 5.32 Å². The predicted octanol–water partition coefficient (Wildman–Crippen LogP) is 2.56. The molecule has 1 fully saturated rings. The monoisotopic (exact) mass is 175 g/mol. The Morgan fingerprint density at radius 1 is 1.31 bits per heavy atom. The van der Waals surface area contributed by atoms with Crippen LogP contribution in [0.2, 0.25) is 0 Å². The molecule has 0 amide bonds. The van der Waals surface area contributed by atoms with Crippen LogP contribution in [-0.2, 0) is 6.54 Å². The van der Waals surface area contributed by atoms with Crippen molar-refractivity contribution in [3.8, 4) is 0 Å². The van der Waals surface area contributed by atoms with Gasteiger partial charge in [0.15, 0.2) is 0 Å². The highest BCUT2D eigenvalue weighted by molar-refractivity contribution is 5.30. The minimum Gasteiger partial charge on any atom is -0.310 e. The van der Waals surface area contributed by atoms with E-state index in [9.17, 15) is 0 Å². The SMILES string of the molecule is Cc1ccc(C)c(CNC2CC2)c1. The van der Waals surface area contributed by atoms with Crippen molar-refractivity contribution in [3.63, 3.8) is 0 Å². The summed E-state index contributed by atoms with van der Waals surface area (Å²) in [5.74, 6) is 0. The van der Waals surface area contributed by atoms with Crippen molar-refractivity contribution in [3.05, 3.63) is 34.9 Å². The van der Waals surface area contributed by atoms with Gasteiger partial charge in [-0.3, -0.25) is 0 Å². The maximum absolute atomic E-state index is 3.54. The molecule has 1 aromatic rings. The Morgan fingerprint density at radius 3 is 2.77 bits per heavy atom. The molecule has 0 atom stereocenters. The minimum atomic E-state index is 0.805. The molecule has 0 radical (unpaired) electrons. The Hall–Kier alpha value is -0.820. The highest BCUT2D eigenvalue weighted by Crippen LogP contribution is 2.20. The van der Waals surface area contributed by atoms with Crippen LogP contribution in [0.15, 0.2) is 18.2 Å². The Morgan fingerprint density at radius 2 is 2.08 bits per heavy atom. The summed E-state index contributed by atoms with van der Waals surface area (Å²) in [5.41, 5.74) is 4.21. The number of nitrogens with one attached hydrogen (secondary N) is 1. The largest absolute Gasteiger partial charge is 0.310 e. The van der Waals surface area contributed by atoms with E-state index in [2.05, 4.69) is 37.4 Å². The molecular formula is C12H17N. The van der Waals surface area contributed by atoms with Gasteiger partial charge in [0.1, 0.15) is 0 Å². The number of hydrogen-bond acceptors (Lipinski definition) is 1. The molecule has 0 aliphatic heterocycles. The molecular weight excluding hydrogens is 158 g/mol. The van der Waals surface area contributed by atoms with Gasteiger partial charge in [-0.05, 0) is 37.8 Å². The Labute approximate surface area is 80.2 Å². The zero-order chi connectivity index (χ0) is 9.26. The van der Waals surface area contributed by atoms with E-state index in [0.717, 1.165) is 12.6 Å². The lowest BCUT2D eigenvalue weighted by molar-refractivity contribution is 0.685. The average molecular weight is 175 g/mol. The third-order valence-electron chi connectivity index (χ3n) is 2.66. The second-order valence-corrected chi connectivity index (χ2v) is 4.09. The standard InChI is InChI=1S/C12H17N/c1-9-3-4-10(2)11(7-9)8-13-12-5-6-12/h3-4,7,12-13H,5-6,8H2,1-2H3. The minimum absolute atomic E-state index is 0.805. The molecule has 0 heterocycles. The molecule has 1 nitrogen and oxygen atoms in total. The van der Waals surface area contributed by atoms with Crippen LogP contribution in [0.1, 0.15) is 29.5 Å². The molecule has 1 N–H and O–H groups in total.